The van der Waals surface area contributed by atoms with Crippen LogP contribution in [-0.2, 0) is 0 Å². The van der Waals surface area contributed by atoms with Crippen molar-refractivity contribution in [2.24, 2.45) is 17.8 Å². The van der Waals surface area contributed by atoms with E-state index < -0.39 is 0 Å². The lowest BCUT2D eigenvalue weighted by Crippen LogP contribution is -2.40. The summed E-state index contributed by atoms with van der Waals surface area (Å²) in [6.45, 7) is 2.40. The van der Waals surface area contributed by atoms with Gasteiger partial charge in [-0.25, -0.2) is 0 Å². The molecule has 0 saturated heterocycles. The van der Waals surface area contributed by atoms with Gasteiger partial charge in [0.05, 0.1) is 6.04 Å². The molecule has 4 aliphatic rings. The fraction of sp³-hybridized carbons (Fsp3) is 0.123. The average molecular weight is 760 g/mol. The molecule has 2 heterocycles. The molecule has 1 N–H and O–H groups in total. The van der Waals surface area contributed by atoms with Crippen LogP contribution in [0.5, 0.6) is 0 Å². The normalized spacial score (nSPS) is 22.1. The van der Waals surface area contributed by atoms with Crippen LogP contribution in [0.3, 0.4) is 0 Å². The molecule has 11 rings (SSSR count). The Balaban J connectivity index is 0.985. The quantitative estimate of drug-likeness (QED) is 0.189. The first-order chi connectivity index (χ1) is 29.2. The standard InChI is InChI=1S/C57H45NO/c1-37-15-12-27-53(38-16-4-2-5-17-38)58-54(39-18-6-3-7-19-39)36-50(37)43-21-13-20-42(33-43)44-25-14-26-48-45-22-8-9-23-46(45)51-34-40(29-31-49(51)57(44)48)41-30-32-56-52(35-41)47-24-10-11-28-55(47)59-56/h2-11,13-14,16-37,49,54,57-58H,12,15H2,1H3/b50-36?,53-27+/t37-,49?,54?,57?/m1/s1. The summed E-state index contributed by atoms with van der Waals surface area (Å²) in [4.78, 5) is 0. The van der Waals surface area contributed by atoms with Gasteiger partial charge < -0.3 is 9.73 Å². The SMILES string of the molecule is C[C@@H]1CC/C=C(\c2ccccc2)NC(c2ccccc2)C=C1c1cccc(C2=CC=CC3=c4ccccc4=C4C=C(c5ccc6oc7ccccc7c6c5)C=CC4C23)c1. The zero-order valence-electron chi connectivity index (χ0n) is 33.2. The number of rotatable bonds is 5. The lowest BCUT2D eigenvalue weighted by atomic mass is 9.67. The Hall–Kier alpha value is -6.90. The molecule has 6 aromatic carbocycles. The second-order valence-corrected chi connectivity index (χ2v) is 16.4. The summed E-state index contributed by atoms with van der Waals surface area (Å²) >= 11 is 0. The van der Waals surface area contributed by atoms with E-state index >= 15 is 0 Å². The first-order valence-corrected chi connectivity index (χ1v) is 21.1. The van der Waals surface area contributed by atoms with E-state index in [1.807, 2.05) is 6.07 Å². The summed E-state index contributed by atoms with van der Waals surface area (Å²) < 4.78 is 6.19. The van der Waals surface area contributed by atoms with Crippen LogP contribution in [0.15, 0.2) is 205 Å². The van der Waals surface area contributed by atoms with Gasteiger partial charge in [-0.15, -0.1) is 0 Å². The lowest BCUT2D eigenvalue weighted by Gasteiger charge is -2.36. The molecule has 2 nitrogen and oxygen atoms in total. The third-order valence-electron chi connectivity index (χ3n) is 12.9. The van der Waals surface area contributed by atoms with E-state index in [4.69, 9.17) is 4.42 Å². The highest BCUT2D eigenvalue weighted by Gasteiger charge is 2.35. The monoisotopic (exact) mass is 759 g/mol. The Morgan fingerprint density at radius 1 is 0.593 bits per heavy atom. The van der Waals surface area contributed by atoms with E-state index in [0.29, 0.717) is 5.92 Å². The summed E-state index contributed by atoms with van der Waals surface area (Å²) in [5, 5.41) is 8.94. The Morgan fingerprint density at radius 2 is 1.31 bits per heavy atom. The van der Waals surface area contributed by atoms with Gasteiger partial charge in [0.25, 0.3) is 0 Å². The van der Waals surface area contributed by atoms with Crippen molar-refractivity contribution < 1.29 is 4.42 Å². The van der Waals surface area contributed by atoms with Gasteiger partial charge in [0.15, 0.2) is 0 Å². The van der Waals surface area contributed by atoms with Gasteiger partial charge in [0.2, 0.25) is 0 Å². The number of benzene rings is 6. The number of furan rings is 1. The Bertz CT molecular complexity index is 3090. The van der Waals surface area contributed by atoms with E-state index in [2.05, 4.69) is 206 Å². The van der Waals surface area contributed by atoms with Crippen molar-refractivity contribution in [3.63, 3.8) is 0 Å². The number of allylic oxidation sites excluding steroid dienone is 10. The van der Waals surface area contributed by atoms with Crippen LogP contribution in [0.4, 0.5) is 0 Å². The first kappa shape index (κ1) is 35.3. The van der Waals surface area contributed by atoms with Gasteiger partial charge in [0.1, 0.15) is 11.2 Å². The van der Waals surface area contributed by atoms with Gasteiger partial charge >= 0.3 is 0 Å². The highest BCUT2D eigenvalue weighted by Crippen LogP contribution is 2.47. The smallest absolute Gasteiger partial charge is 0.135 e. The molecule has 0 radical (unpaired) electrons. The Labute approximate surface area is 345 Å². The molecule has 59 heavy (non-hydrogen) atoms. The van der Waals surface area contributed by atoms with Crippen molar-refractivity contribution in [3.8, 4) is 0 Å². The topological polar surface area (TPSA) is 25.2 Å². The van der Waals surface area contributed by atoms with Crippen molar-refractivity contribution in [1.82, 2.24) is 5.32 Å². The van der Waals surface area contributed by atoms with Crippen LogP contribution in [0.1, 0.15) is 53.6 Å². The summed E-state index contributed by atoms with van der Waals surface area (Å²) in [5.41, 5.74) is 16.1. The molecular formula is C57H45NO. The molecule has 3 aliphatic carbocycles. The highest BCUT2D eigenvalue weighted by molar-refractivity contribution is 6.06. The third kappa shape index (κ3) is 6.37. The second-order valence-electron chi connectivity index (χ2n) is 16.4. The number of nitrogens with one attached hydrogen (secondary N) is 1. The van der Waals surface area contributed by atoms with Crippen molar-refractivity contribution in [3.05, 3.63) is 239 Å². The van der Waals surface area contributed by atoms with Crippen molar-refractivity contribution in [1.29, 1.82) is 0 Å². The predicted molar refractivity (Wildman–Crippen MR) is 247 cm³/mol. The van der Waals surface area contributed by atoms with Gasteiger partial charge in [0, 0.05) is 28.3 Å². The molecule has 0 amide bonds. The first-order valence-electron chi connectivity index (χ1n) is 21.1. The predicted octanol–water partition coefficient (Wildman–Crippen LogP) is 12.6. The largest absolute Gasteiger partial charge is 0.456 e. The Morgan fingerprint density at radius 3 is 2.15 bits per heavy atom. The van der Waals surface area contributed by atoms with Crippen molar-refractivity contribution in [2.75, 3.05) is 0 Å². The second kappa shape index (κ2) is 14.8. The average Bonchev–Trinajstić information content (AvgIpc) is 3.71. The molecular weight excluding hydrogens is 715 g/mol. The van der Waals surface area contributed by atoms with Crippen LogP contribution in [0.2, 0.25) is 0 Å². The molecule has 3 unspecified atom stereocenters. The Kier molecular flexibility index (Phi) is 8.85. The third-order valence-corrected chi connectivity index (χ3v) is 12.9. The minimum absolute atomic E-state index is 0.0203. The lowest BCUT2D eigenvalue weighted by molar-refractivity contribution is 0.669. The molecule has 1 aliphatic heterocycles. The van der Waals surface area contributed by atoms with E-state index in [1.54, 1.807) is 0 Å². The van der Waals surface area contributed by atoms with E-state index in [1.165, 1.54) is 71.8 Å². The fourth-order valence-electron chi connectivity index (χ4n) is 9.96. The zero-order valence-corrected chi connectivity index (χ0v) is 33.2. The zero-order chi connectivity index (χ0) is 39.3. The van der Waals surface area contributed by atoms with Gasteiger partial charge in [-0.2, -0.15) is 0 Å². The summed E-state index contributed by atoms with van der Waals surface area (Å²) in [6.07, 6.45) is 21.2. The maximum absolute atomic E-state index is 6.19. The number of para-hydroxylation sites is 1. The maximum Gasteiger partial charge on any atom is 0.135 e. The van der Waals surface area contributed by atoms with Gasteiger partial charge in [-0.05, 0) is 115 Å². The number of fused-ring (bicyclic) bond motifs is 7. The molecule has 0 spiro atoms. The van der Waals surface area contributed by atoms with Crippen LogP contribution in [0, 0.1) is 17.8 Å². The molecule has 0 fully saturated rings. The van der Waals surface area contributed by atoms with E-state index in [-0.39, 0.29) is 17.9 Å². The molecule has 2 heteroatoms. The molecule has 0 bridgehead atoms. The van der Waals surface area contributed by atoms with Crippen LogP contribution in [-0.4, -0.2) is 0 Å². The number of hydrogen-bond donors (Lipinski definition) is 1. The van der Waals surface area contributed by atoms with Crippen LogP contribution < -0.4 is 15.8 Å². The molecule has 0 saturated carbocycles. The van der Waals surface area contributed by atoms with Gasteiger partial charge in [-0.3, -0.25) is 0 Å². The maximum atomic E-state index is 6.19. The van der Waals surface area contributed by atoms with E-state index in [0.717, 1.165) is 34.8 Å². The van der Waals surface area contributed by atoms with Crippen molar-refractivity contribution in [2.45, 2.75) is 25.8 Å². The van der Waals surface area contributed by atoms with Crippen molar-refractivity contribution >= 4 is 55.5 Å². The molecule has 4 atom stereocenters. The molecule has 7 aromatic rings. The summed E-state index contributed by atoms with van der Waals surface area (Å²) in [5.74, 6) is 0.773. The van der Waals surface area contributed by atoms with Crippen LogP contribution >= 0.6 is 0 Å². The molecule has 1 aromatic heterocycles. The van der Waals surface area contributed by atoms with Crippen LogP contribution in [0.25, 0.3) is 55.5 Å². The molecule has 284 valence electrons. The summed E-state index contributed by atoms with van der Waals surface area (Å²) in [6, 6.07) is 55.0. The highest BCUT2D eigenvalue weighted by atomic mass is 16.3. The minimum Gasteiger partial charge on any atom is -0.456 e. The van der Waals surface area contributed by atoms with E-state index in [9.17, 15) is 0 Å². The minimum atomic E-state index is 0.0203. The fourth-order valence-corrected chi connectivity index (χ4v) is 9.96. The number of hydrogen-bond acceptors (Lipinski definition) is 2. The van der Waals surface area contributed by atoms with Gasteiger partial charge in [-0.1, -0.05) is 177 Å². The summed E-state index contributed by atoms with van der Waals surface area (Å²) in [7, 11) is 0.